The van der Waals surface area contributed by atoms with Gasteiger partial charge >= 0.3 is 0 Å². The van der Waals surface area contributed by atoms with E-state index in [0.717, 1.165) is 0 Å². The molecule has 0 aromatic carbocycles. The van der Waals surface area contributed by atoms with Gasteiger partial charge in [0.25, 0.3) is 5.91 Å². The lowest BCUT2D eigenvalue weighted by Gasteiger charge is -1.97. The first-order valence-electron chi connectivity index (χ1n) is 4.11. The first kappa shape index (κ1) is 9.19. The highest BCUT2D eigenvalue weighted by molar-refractivity contribution is 5.90. The van der Waals surface area contributed by atoms with Gasteiger partial charge in [-0.1, -0.05) is 5.16 Å². The van der Waals surface area contributed by atoms with Crippen LogP contribution in [0, 0.1) is 0 Å². The second kappa shape index (κ2) is 3.78. The van der Waals surface area contributed by atoms with Crippen molar-refractivity contribution in [1.29, 1.82) is 0 Å². The number of hydrogen-bond acceptors (Lipinski definition) is 6. The topological polar surface area (TPSA) is 123 Å². The van der Waals surface area contributed by atoms with Crippen LogP contribution in [0.25, 0.3) is 0 Å². The number of H-pyrrole nitrogens is 1. The first-order chi connectivity index (χ1) is 7.25. The quantitative estimate of drug-likeness (QED) is 0.613. The summed E-state index contributed by atoms with van der Waals surface area (Å²) in [6, 6.07) is 1.65. The Morgan fingerprint density at radius 1 is 1.67 bits per heavy atom. The van der Waals surface area contributed by atoms with Crippen molar-refractivity contribution in [2.75, 3.05) is 5.73 Å². The van der Waals surface area contributed by atoms with Crippen LogP contribution in [0.15, 0.2) is 16.9 Å². The average Bonchev–Trinajstić information content (AvgIpc) is 2.84. The van der Waals surface area contributed by atoms with Crippen LogP contribution in [0.5, 0.6) is 0 Å². The lowest BCUT2D eigenvalue weighted by atomic mass is 10.4. The maximum Gasteiger partial charge on any atom is 0.288 e. The zero-order valence-electron chi connectivity index (χ0n) is 7.60. The van der Waals surface area contributed by atoms with E-state index in [-0.39, 0.29) is 18.3 Å². The average molecular weight is 208 g/mol. The highest BCUT2D eigenvalue weighted by Gasteiger charge is 2.10. The molecule has 0 aliphatic carbocycles. The van der Waals surface area contributed by atoms with E-state index in [1.54, 1.807) is 6.07 Å². The molecule has 0 saturated heterocycles. The van der Waals surface area contributed by atoms with Gasteiger partial charge in [0.2, 0.25) is 11.8 Å². The molecule has 1 amide bonds. The van der Waals surface area contributed by atoms with Crippen LogP contribution >= 0.6 is 0 Å². The number of carbonyl (C=O) groups excluding carboxylic acids is 1. The minimum Gasteiger partial charge on any atom is -0.366 e. The van der Waals surface area contributed by atoms with Crippen molar-refractivity contribution in [1.82, 2.24) is 25.7 Å². The number of nitrogens with two attached hydrogens (primary N) is 1. The van der Waals surface area contributed by atoms with Gasteiger partial charge in [-0.2, -0.15) is 4.98 Å². The molecule has 2 aromatic heterocycles. The van der Waals surface area contributed by atoms with Crippen molar-refractivity contribution in [3.05, 3.63) is 23.8 Å². The smallest absolute Gasteiger partial charge is 0.288 e. The van der Waals surface area contributed by atoms with Crippen LogP contribution in [0.4, 0.5) is 5.95 Å². The minimum absolute atomic E-state index is 0.0292. The number of hydrogen-bond donors (Lipinski definition) is 3. The van der Waals surface area contributed by atoms with E-state index in [1.165, 1.54) is 6.26 Å². The van der Waals surface area contributed by atoms with Gasteiger partial charge in [0, 0.05) is 6.07 Å². The summed E-state index contributed by atoms with van der Waals surface area (Å²) >= 11 is 0. The van der Waals surface area contributed by atoms with Gasteiger partial charge in [0.1, 0.15) is 12.0 Å². The van der Waals surface area contributed by atoms with E-state index < -0.39 is 5.91 Å². The summed E-state index contributed by atoms with van der Waals surface area (Å²) in [6.45, 7) is 0.260. The summed E-state index contributed by atoms with van der Waals surface area (Å²) in [6.07, 6.45) is 1.42. The molecule has 2 aromatic rings. The van der Waals surface area contributed by atoms with E-state index in [4.69, 9.17) is 5.73 Å². The third-order valence-corrected chi connectivity index (χ3v) is 1.64. The Bertz CT molecular complexity index is 448. The molecule has 2 heterocycles. The molecule has 0 atom stereocenters. The number of nitrogen functional groups attached to an aromatic ring is 1. The highest BCUT2D eigenvalue weighted by Crippen LogP contribution is 1.96. The minimum atomic E-state index is -0.401. The molecule has 78 valence electrons. The Morgan fingerprint density at radius 2 is 2.53 bits per heavy atom. The molecule has 0 aliphatic heterocycles. The van der Waals surface area contributed by atoms with Gasteiger partial charge in [0.05, 0.1) is 6.54 Å². The molecule has 0 unspecified atom stereocenters. The first-order valence-corrected chi connectivity index (χ1v) is 4.11. The molecule has 0 aliphatic rings. The van der Waals surface area contributed by atoms with Crippen LogP contribution in [-0.2, 0) is 6.54 Å². The van der Waals surface area contributed by atoms with E-state index in [1.807, 2.05) is 0 Å². The van der Waals surface area contributed by atoms with Gasteiger partial charge < -0.3 is 15.6 Å². The third kappa shape index (κ3) is 2.10. The SMILES string of the molecule is Nc1n[nH]c(C(=O)NCc2ccon2)n1. The van der Waals surface area contributed by atoms with E-state index in [0.29, 0.717) is 5.69 Å². The van der Waals surface area contributed by atoms with E-state index in [9.17, 15) is 4.79 Å². The standard InChI is InChI=1S/C7H8N6O2/c8-7-10-5(11-12-7)6(14)9-3-4-1-2-15-13-4/h1-2H,3H2,(H,9,14)(H3,8,10,11,12). The van der Waals surface area contributed by atoms with Gasteiger partial charge in [-0.3, -0.25) is 9.89 Å². The molecule has 0 radical (unpaired) electrons. The molecule has 0 saturated carbocycles. The fourth-order valence-corrected chi connectivity index (χ4v) is 0.960. The lowest BCUT2D eigenvalue weighted by Crippen LogP contribution is -2.24. The summed E-state index contributed by atoms with van der Waals surface area (Å²) < 4.78 is 4.60. The molecule has 0 bridgehead atoms. The zero-order valence-corrected chi connectivity index (χ0v) is 7.60. The molecular weight excluding hydrogens is 200 g/mol. The van der Waals surface area contributed by atoms with Crippen LogP contribution in [-0.4, -0.2) is 26.2 Å². The number of aromatic nitrogens is 4. The molecule has 4 N–H and O–H groups in total. The number of carbonyl (C=O) groups is 1. The van der Waals surface area contributed by atoms with Gasteiger partial charge in [-0.05, 0) is 0 Å². The summed E-state index contributed by atoms with van der Waals surface area (Å²) in [5, 5.41) is 12.1. The van der Waals surface area contributed by atoms with Crippen molar-refractivity contribution in [2.45, 2.75) is 6.54 Å². The highest BCUT2D eigenvalue weighted by atomic mass is 16.5. The van der Waals surface area contributed by atoms with Crippen molar-refractivity contribution < 1.29 is 9.32 Å². The number of rotatable bonds is 3. The number of nitrogens with one attached hydrogen (secondary N) is 2. The number of amides is 1. The summed E-state index contributed by atoms with van der Waals surface area (Å²) in [5.41, 5.74) is 5.87. The maximum absolute atomic E-state index is 11.4. The monoisotopic (exact) mass is 208 g/mol. The van der Waals surface area contributed by atoms with Crippen molar-refractivity contribution in [2.24, 2.45) is 0 Å². The molecule has 0 spiro atoms. The summed E-state index contributed by atoms with van der Waals surface area (Å²) in [7, 11) is 0. The second-order valence-electron chi connectivity index (χ2n) is 2.72. The molecule has 2 rings (SSSR count). The Hall–Kier alpha value is -2.38. The van der Waals surface area contributed by atoms with Crippen LogP contribution in [0.1, 0.15) is 16.3 Å². The van der Waals surface area contributed by atoms with Gasteiger partial charge in [-0.15, -0.1) is 5.10 Å². The van der Waals surface area contributed by atoms with E-state index >= 15 is 0 Å². The van der Waals surface area contributed by atoms with Gasteiger partial charge in [-0.25, -0.2) is 0 Å². The number of aromatic amines is 1. The lowest BCUT2D eigenvalue weighted by molar-refractivity contribution is 0.0940. The number of anilines is 1. The normalized spacial score (nSPS) is 10.1. The molecule has 0 fully saturated rings. The Labute approximate surface area is 83.9 Å². The van der Waals surface area contributed by atoms with Crippen molar-refractivity contribution in [3.8, 4) is 0 Å². The maximum atomic E-state index is 11.4. The van der Waals surface area contributed by atoms with Gasteiger partial charge in [0.15, 0.2) is 0 Å². The summed E-state index contributed by atoms with van der Waals surface area (Å²) in [5.74, 6) is -0.306. The second-order valence-corrected chi connectivity index (χ2v) is 2.72. The van der Waals surface area contributed by atoms with Crippen molar-refractivity contribution >= 4 is 11.9 Å². The van der Waals surface area contributed by atoms with Crippen LogP contribution < -0.4 is 11.1 Å². The van der Waals surface area contributed by atoms with Crippen molar-refractivity contribution in [3.63, 3.8) is 0 Å². The Morgan fingerprint density at radius 3 is 3.13 bits per heavy atom. The third-order valence-electron chi connectivity index (χ3n) is 1.64. The molecule has 8 nitrogen and oxygen atoms in total. The van der Waals surface area contributed by atoms with Crippen LogP contribution in [0.3, 0.4) is 0 Å². The molecule has 15 heavy (non-hydrogen) atoms. The fourth-order valence-electron chi connectivity index (χ4n) is 0.960. The molecular formula is C7H8N6O2. The van der Waals surface area contributed by atoms with Crippen LogP contribution in [0.2, 0.25) is 0 Å². The Kier molecular flexibility index (Phi) is 2.31. The predicted octanol–water partition coefficient (Wildman–Crippen LogP) is -0.695. The summed E-state index contributed by atoms with van der Waals surface area (Å²) in [4.78, 5) is 15.1. The number of nitrogens with zero attached hydrogens (tertiary/aromatic N) is 3. The largest absolute Gasteiger partial charge is 0.366 e. The Balaban J connectivity index is 1.93. The van der Waals surface area contributed by atoms with E-state index in [2.05, 4.69) is 30.2 Å². The fraction of sp³-hybridized carbons (Fsp3) is 0.143. The predicted molar refractivity (Wildman–Crippen MR) is 48.5 cm³/mol. The molecule has 8 heteroatoms. The zero-order chi connectivity index (χ0) is 10.7.